The van der Waals surface area contributed by atoms with Crippen LogP contribution in [0.15, 0.2) is 18.2 Å². The summed E-state index contributed by atoms with van der Waals surface area (Å²) in [6.45, 7) is 6.10. The number of carbonyl (C=O) groups is 2. The molecule has 4 unspecified atom stereocenters. The van der Waals surface area contributed by atoms with Crippen molar-refractivity contribution in [3.05, 3.63) is 18.2 Å². The number of nitrogens with one attached hydrogen (secondary N) is 2. The van der Waals surface area contributed by atoms with Crippen LogP contribution in [0.1, 0.15) is 27.7 Å². The van der Waals surface area contributed by atoms with Crippen molar-refractivity contribution in [3.8, 4) is 5.75 Å². The average molecular weight is 454 g/mol. The first-order chi connectivity index (χ1) is 14.5. The lowest BCUT2D eigenvalue weighted by Gasteiger charge is -2.42. The monoisotopic (exact) mass is 453 g/mol. The van der Waals surface area contributed by atoms with Crippen LogP contribution in [0.5, 0.6) is 5.75 Å². The van der Waals surface area contributed by atoms with Gasteiger partial charge in [0.1, 0.15) is 35.6 Å². The number of aliphatic hydroxyl groups is 3. The third-order valence-corrected chi connectivity index (χ3v) is 5.71. The summed E-state index contributed by atoms with van der Waals surface area (Å²) >= 11 is 1.27. The van der Waals surface area contributed by atoms with Crippen molar-refractivity contribution in [3.63, 3.8) is 0 Å². The van der Waals surface area contributed by atoms with Gasteiger partial charge in [0, 0.05) is 12.3 Å². The molecular weight excluding hydrogens is 426 g/mol. The number of benzene rings is 1. The Hall–Kier alpha value is -2.31. The lowest BCUT2D eigenvalue weighted by atomic mass is 9.96. The molecule has 1 aromatic carbocycles. The highest BCUT2D eigenvalue weighted by atomic mass is 32.1. The second-order valence-corrected chi connectivity index (χ2v) is 9.41. The van der Waals surface area contributed by atoms with Gasteiger partial charge in [0.05, 0.1) is 11.3 Å². The van der Waals surface area contributed by atoms with E-state index >= 15 is 0 Å². The van der Waals surface area contributed by atoms with Crippen molar-refractivity contribution >= 4 is 38.5 Å². The van der Waals surface area contributed by atoms with Crippen LogP contribution in [0.25, 0.3) is 10.2 Å². The summed E-state index contributed by atoms with van der Waals surface area (Å²) in [6.07, 6.45) is -5.12. The Kier molecular flexibility index (Phi) is 6.82. The number of fused-ring (bicyclic) bond motifs is 1. The van der Waals surface area contributed by atoms with Crippen LogP contribution in [0.4, 0.5) is 5.13 Å². The normalized spacial score (nSPS) is 26.5. The molecule has 0 bridgehead atoms. The average Bonchev–Trinajstić information content (AvgIpc) is 3.10. The zero-order valence-corrected chi connectivity index (χ0v) is 18.5. The summed E-state index contributed by atoms with van der Waals surface area (Å²) < 4.78 is 12.3. The molecule has 3 rings (SSSR count). The van der Waals surface area contributed by atoms with E-state index < -0.39 is 48.6 Å². The quantitative estimate of drug-likeness (QED) is 0.442. The summed E-state index contributed by atoms with van der Waals surface area (Å²) in [6, 6.07) is 4.10. The number of carbonyl (C=O) groups excluding carboxylic acids is 2. The first-order valence-corrected chi connectivity index (χ1v) is 10.6. The van der Waals surface area contributed by atoms with Crippen molar-refractivity contribution in [1.29, 1.82) is 0 Å². The third-order valence-electron chi connectivity index (χ3n) is 4.78. The fourth-order valence-electron chi connectivity index (χ4n) is 3.05. The molecule has 5 N–H and O–H groups in total. The second-order valence-electron chi connectivity index (χ2n) is 8.38. The molecule has 0 aliphatic carbocycles. The van der Waals surface area contributed by atoms with Gasteiger partial charge in [-0.25, -0.2) is 4.98 Å². The highest BCUT2D eigenvalue weighted by Crippen LogP contribution is 2.35. The fraction of sp³-hybridized carbons (Fsp3) is 0.550. The Balaban J connectivity index is 1.89. The summed E-state index contributed by atoms with van der Waals surface area (Å²) in [7, 11) is 0. The predicted octanol–water partition coefficient (Wildman–Crippen LogP) is 0.603. The molecule has 2 heterocycles. The van der Waals surface area contributed by atoms with Gasteiger partial charge in [-0.15, -0.1) is 0 Å². The molecule has 1 aliphatic heterocycles. The van der Waals surface area contributed by atoms with Crippen LogP contribution in [0.2, 0.25) is 0 Å². The first-order valence-electron chi connectivity index (χ1n) is 9.78. The van der Waals surface area contributed by atoms with E-state index in [9.17, 15) is 24.9 Å². The van der Waals surface area contributed by atoms with E-state index in [-0.39, 0.29) is 5.91 Å². The maximum absolute atomic E-state index is 12.3. The van der Waals surface area contributed by atoms with E-state index in [4.69, 9.17) is 9.47 Å². The highest BCUT2D eigenvalue weighted by Gasteiger charge is 2.46. The van der Waals surface area contributed by atoms with Crippen LogP contribution in [-0.2, 0) is 14.3 Å². The number of amides is 2. The van der Waals surface area contributed by atoms with Crippen LogP contribution >= 0.6 is 11.3 Å². The lowest BCUT2D eigenvalue weighted by molar-refractivity contribution is -0.244. The largest absolute Gasteiger partial charge is 0.460 e. The number of hydrogen-bond donors (Lipinski definition) is 5. The van der Waals surface area contributed by atoms with Gasteiger partial charge in [0.25, 0.3) is 0 Å². The molecule has 0 saturated carbocycles. The second kappa shape index (κ2) is 9.05. The van der Waals surface area contributed by atoms with Gasteiger partial charge in [0.15, 0.2) is 5.13 Å². The van der Waals surface area contributed by atoms with Crippen molar-refractivity contribution in [1.82, 2.24) is 10.3 Å². The van der Waals surface area contributed by atoms with Gasteiger partial charge in [-0.1, -0.05) is 38.2 Å². The van der Waals surface area contributed by atoms with Gasteiger partial charge >= 0.3 is 0 Å². The standard InChI is InChI=1S/C20H27N3O7S/c1-9(25)21-14-16(27)15(26)11(8-24)30-17(14)29-10-6-5-7-12-13(10)22-19(31-12)23-18(28)20(2,3)4/h5-7,11,14-17,24,26-27H,8H2,1-4H3,(H,21,25)(H,22,23,28)/t11?,14-,15?,16?,17?/m0/s1. The maximum Gasteiger partial charge on any atom is 0.231 e. The maximum atomic E-state index is 12.3. The molecule has 31 heavy (non-hydrogen) atoms. The van der Waals surface area contributed by atoms with E-state index in [1.54, 1.807) is 32.9 Å². The van der Waals surface area contributed by atoms with Gasteiger partial charge in [0.2, 0.25) is 18.1 Å². The minimum atomic E-state index is -1.42. The minimum Gasteiger partial charge on any atom is -0.460 e. The Morgan fingerprint density at radius 2 is 1.97 bits per heavy atom. The Morgan fingerprint density at radius 1 is 1.26 bits per heavy atom. The molecule has 2 aromatic rings. The van der Waals surface area contributed by atoms with Gasteiger partial charge in [-0.2, -0.15) is 0 Å². The Bertz CT molecular complexity index is 958. The zero-order valence-electron chi connectivity index (χ0n) is 17.7. The van der Waals surface area contributed by atoms with E-state index in [0.717, 1.165) is 4.70 Å². The molecule has 5 atom stereocenters. The molecule has 0 spiro atoms. The molecule has 11 heteroatoms. The minimum absolute atomic E-state index is 0.182. The zero-order chi connectivity index (χ0) is 22.9. The van der Waals surface area contributed by atoms with Crippen LogP contribution < -0.4 is 15.4 Å². The number of thiazole rings is 1. The van der Waals surface area contributed by atoms with Crippen LogP contribution in [0.3, 0.4) is 0 Å². The summed E-state index contributed by atoms with van der Waals surface area (Å²) in [4.78, 5) is 28.3. The van der Waals surface area contributed by atoms with Crippen LogP contribution in [0, 0.1) is 5.41 Å². The van der Waals surface area contributed by atoms with Gasteiger partial charge < -0.3 is 35.4 Å². The molecule has 170 valence electrons. The van der Waals surface area contributed by atoms with E-state index in [0.29, 0.717) is 16.4 Å². The number of hydrogen-bond acceptors (Lipinski definition) is 9. The summed E-state index contributed by atoms with van der Waals surface area (Å²) in [5.74, 6) is -0.334. The molecule has 0 radical (unpaired) electrons. The van der Waals surface area contributed by atoms with Crippen molar-refractivity contribution in [2.75, 3.05) is 11.9 Å². The Labute approximate surface area is 183 Å². The predicted molar refractivity (Wildman–Crippen MR) is 114 cm³/mol. The SMILES string of the molecule is CC(=O)N[C@@H]1C(Oc2cccc3sc(NC(=O)C(C)(C)C)nc23)OC(CO)C(O)C1O. The van der Waals surface area contributed by atoms with Gasteiger partial charge in [-0.05, 0) is 12.1 Å². The van der Waals surface area contributed by atoms with Crippen molar-refractivity contribution in [2.45, 2.75) is 58.3 Å². The number of ether oxygens (including phenoxy) is 2. The lowest BCUT2D eigenvalue weighted by Crippen LogP contribution is -2.65. The van der Waals surface area contributed by atoms with Crippen LogP contribution in [-0.4, -0.2) is 69.4 Å². The highest BCUT2D eigenvalue weighted by molar-refractivity contribution is 7.22. The molecule has 2 amide bonds. The number of para-hydroxylation sites is 1. The summed E-state index contributed by atoms with van der Waals surface area (Å²) in [5.41, 5.74) is -0.127. The van der Waals surface area contributed by atoms with E-state index in [2.05, 4.69) is 15.6 Å². The summed E-state index contributed by atoms with van der Waals surface area (Å²) in [5, 5.41) is 35.7. The number of aliphatic hydroxyl groups excluding tert-OH is 3. The van der Waals surface area contributed by atoms with E-state index in [1.807, 2.05) is 6.07 Å². The number of anilines is 1. The molecule has 10 nitrogen and oxygen atoms in total. The number of aromatic nitrogens is 1. The van der Waals surface area contributed by atoms with E-state index in [1.165, 1.54) is 18.3 Å². The number of rotatable bonds is 5. The van der Waals surface area contributed by atoms with Gasteiger partial charge in [-0.3, -0.25) is 9.59 Å². The molecule has 1 aliphatic rings. The van der Waals surface area contributed by atoms with Crippen molar-refractivity contribution < 1.29 is 34.4 Å². The smallest absolute Gasteiger partial charge is 0.231 e. The topological polar surface area (TPSA) is 150 Å². The molecule has 1 aromatic heterocycles. The molecule has 1 saturated heterocycles. The Morgan fingerprint density at radius 3 is 2.58 bits per heavy atom. The molecule has 1 fully saturated rings. The van der Waals surface area contributed by atoms with Crippen molar-refractivity contribution in [2.24, 2.45) is 5.41 Å². The molecular formula is C20H27N3O7S. The first kappa shape index (κ1) is 23.4. The number of nitrogens with zero attached hydrogens (tertiary/aromatic N) is 1. The fourth-order valence-corrected chi connectivity index (χ4v) is 3.93. The third kappa shape index (κ3) is 5.13.